The highest BCUT2D eigenvalue weighted by Gasteiger charge is 2.33. The summed E-state index contributed by atoms with van der Waals surface area (Å²) in [7, 11) is 0. The Morgan fingerprint density at radius 3 is 2.28 bits per heavy atom. The third kappa shape index (κ3) is 3.73. The number of rotatable bonds is 4. The van der Waals surface area contributed by atoms with E-state index in [9.17, 15) is 4.79 Å². The lowest BCUT2D eigenvalue weighted by atomic mass is 9.79. The van der Waals surface area contributed by atoms with Crippen LogP contribution in [-0.2, 0) is 4.79 Å². The molecule has 2 aliphatic rings. The van der Waals surface area contributed by atoms with Gasteiger partial charge in [0.15, 0.2) is 0 Å². The van der Waals surface area contributed by atoms with Crippen LogP contribution in [0.15, 0.2) is 0 Å². The van der Waals surface area contributed by atoms with E-state index in [2.05, 4.69) is 5.32 Å². The Balaban J connectivity index is 1.60. The van der Waals surface area contributed by atoms with Crippen molar-refractivity contribution >= 4 is 5.91 Å². The summed E-state index contributed by atoms with van der Waals surface area (Å²) in [6.07, 6.45) is 9.89. The lowest BCUT2D eigenvalue weighted by Gasteiger charge is -2.27. The van der Waals surface area contributed by atoms with Crippen LogP contribution in [0.25, 0.3) is 0 Å². The van der Waals surface area contributed by atoms with Crippen molar-refractivity contribution in [3.8, 4) is 0 Å². The van der Waals surface area contributed by atoms with Gasteiger partial charge in [0.05, 0.1) is 0 Å². The predicted molar refractivity (Wildman–Crippen MR) is 75.3 cm³/mol. The maximum atomic E-state index is 11.7. The minimum Gasteiger partial charge on any atom is -0.356 e. The molecule has 0 radical (unpaired) electrons. The van der Waals surface area contributed by atoms with Gasteiger partial charge in [-0.15, -0.1) is 0 Å². The molecule has 2 rings (SSSR count). The summed E-state index contributed by atoms with van der Waals surface area (Å²) in [5.74, 6) is 3.21. The molecule has 2 saturated carbocycles. The standard InChI is InChI=1S/C16H29NO/c1-16(2,3)15(18)17-8-4-5-12-9-13-6-7-14(10-12)11-13/h12-14H,4-11H2,1-3H3,(H,17,18). The number of carbonyl (C=O) groups excluding carboxylic acids is 1. The SMILES string of the molecule is CC(C)(C)C(=O)NCCCC1CC2CCC(C1)C2. The summed E-state index contributed by atoms with van der Waals surface area (Å²) in [6, 6.07) is 0. The number of nitrogens with one attached hydrogen (secondary N) is 1. The van der Waals surface area contributed by atoms with Crippen molar-refractivity contribution in [1.29, 1.82) is 0 Å². The van der Waals surface area contributed by atoms with Crippen LogP contribution in [0.1, 0.15) is 65.7 Å². The van der Waals surface area contributed by atoms with E-state index >= 15 is 0 Å². The Kier molecular flexibility index (Phi) is 4.34. The normalized spacial score (nSPS) is 31.4. The molecular weight excluding hydrogens is 222 g/mol. The molecule has 2 unspecified atom stereocenters. The molecule has 1 N–H and O–H groups in total. The zero-order valence-corrected chi connectivity index (χ0v) is 12.3. The van der Waals surface area contributed by atoms with Gasteiger partial charge in [0.1, 0.15) is 0 Å². The molecule has 2 aliphatic carbocycles. The van der Waals surface area contributed by atoms with E-state index in [0.29, 0.717) is 0 Å². The Morgan fingerprint density at radius 1 is 1.11 bits per heavy atom. The molecule has 2 heteroatoms. The smallest absolute Gasteiger partial charge is 0.225 e. The first kappa shape index (κ1) is 13.9. The molecule has 2 atom stereocenters. The molecule has 0 spiro atoms. The van der Waals surface area contributed by atoms with E-state index in [0.717, 1.165) is 30.7 Å². The first-order valence-corrected chi connectivity index (χ1v) is 7.73. The summed E-state index contributed by atoms with van der Waals surface area (Å²) in [5.41, 5.74) is -0.246. The summed E-state index contributed by atoms with van der Waals surface area (Å²) < 4.78 is 0. The van der Waals surface area contributed by atoms with Crippen LogP contribution in [0.4, 0.5) is 0 Å². The zero-order chi connectivity index (χ0) is 13.2. The molecule has 18 heavy (non-hydrogen) atoms. The molecule has 0 aromatic heterocycles. The number of hydrogen-bond donors (Lipinski definition) is 1. The van der Waals surface area contributed by atoms with Crippen molar-refractivity contribution in [1.82, 2.24) is 5.32 Å². The van der Waals surface area contributed by atoms with Crippen LogP contribution < -0.4 is 5.32 Å². The third-order valence-corrected chi connectivity index (χ3v) is 4.74. The fourth-order valence-corrected chi connectivity index (χ4v) is 3.74. The fraction of sp³-hybridized carbons (Fsp3) is 0.938. The van der Waals surface area contributed by atoms with Crippen molar-refractivity contribution in [2.75, 3.05) is 6.54 Å². The van der Waals surface area contributed by atoms with Crippen LogP contribution in [0.3, 0.4) is 0 Å². The van der Waals surface area contributed by atoms with Gasteiger partial charge in [0, 0.05) is 12.0 Å². The Bertz CT molecular complexity index is 280. The summed E-state index contributed by atoms with van der Waals surface area (Å²) >= 11 is 0. The summed E-state index contributed by atoms with van der Waals surface area (Å²) in [6.45, 7) is 6.78. The van der Waals surface area contributed by atoms with Gasteiger partial charge in [0.25, 0.3) is 0 Å². The van der Waals surface area contributed by atoms with Crippen LogP contribution in [0.5, 0.6) is 0 Å². The van der Waals surface area contributed by atoms with Crippen LogP contribution in [-0.4, -0.2) is 12.5 Å². The van der Waals surface area contributed by atoms with E-state index in [1.807, 2.05) is 20.8 Å². The molecule has 0 heterocycles. The summed E-state index contributed by atoms with van der Waals surface area (Å²) in [4.78, 5) is 11.7. The minimum absolute atomic E-state index is 0.186. The zero-order valence-electron chi connectivity index (χ0n) is 12.3. The number of carbonyl (C=O) groups is 1. The topological polar surface area (TPSA) is 29.1 Å². The van der Waals surface area contributed by atoms with E-state index in [1.54, 1.807) is 0 Å². The van der Waals surface area contributed by atoms with E-state index in [-0.39, 0.29) is 11.3 Å². The van der Waals surface area contributed by atoms with E-state index in [1.165, 1.54) is 38.5 Å². The maximum Gasteiger partial charge on any atom is 0.225 e. The first-order chi connectivity index (χ1) is 8.45. The number of amides is 1. The van der Waals surface area contributed by atoms with Crippen LogP contribution >= 0.6 is 0 Å². The monoisotopic (exact) mass is 251 g/mol. The Labute approximate surface area is 112 Å². The Morgan fingerprint density at radius 2 is 1.72 bits per heavy atom. The molecule has 0 aromatic carbocycles. The Hall–Kier alpha value is -0.530. The van der Waals surface area contributed by atoms with Gasteiger partial charge in [-0.25, -0.2) is 0 Å². The van der Waals surface area contributed by atoms with Crippen molar-refractivity contribution in [3.05, 3.63) is 0 Å². The highest BCUT2D eigenvalue weighted by molar-refractivity contribution is 5.81. The molecular formula is C16H29NO. The quantitative estimate of drug-likeness (QED) is 0.757. The second-order valence-electron chi connectivity index (χ2n) is 7.53. The predicted octanol–water partition coefficient (Wildman–Crippen LogP) is 3.76. The lowest BCUT2D eigenvalue weighted by molar-refractivity contribution is -0.128. The maximum absolute atomic E-state index is 11.7. The molecule has 2 fully saturated rings. The van der Waals surface area contributed by atoms with Gasteiger partial charge in [-0.05, 0) is 49.9 Å². The first-order valence-electron chi connectivity index (χ1n) is 7.73. The lowest BCUT2D eigenvalue weighted by Crippen LogP contribution is -2.35. The highest BCUT2D eigenvalue weighted by Crippen LogP contribution is 2.45. The molecule has 0 aromatic rings. The minimum atomic E-state index is -0.246. The fourth-order valence-electron chi connectivity index (χ4n) is 3.74. The van der Waals surface area contributed by atoms with E-state index < -0.39 is 0 Å². The van der Waals surface area contributed by atoms with Gasteiger partial charge < -0.3 is 5.32 Å². The number of fused-ring (bicyclic) bond motifs is 2. The van der Waals surface area contributed by atoms with Crippen molar-refractivity contribution in [3.63, 3.8) is 0 Å². The largest absolute Gasteiger partial charge is 0.356 e. The number of hydrogen-bond acceptors (Lipinski definition) is 1. The molecule has 2 bridgehead atoms. The molecule has 0 saturated heterocycles. The molecule has 0 aliphatic heterocycles. The van der Waals surface area contributed by atoms with E-state index in [4.69, 9.17) is 0 Å². The highest BCUT2D eigenvalue weighted by atomic mass is 16.2. The van der Waals surface area contributed by atoms with Crippen molar-refractivity contribution < 1.29 is 4.79 Å². The average molecular weight is 251 g/mol. The molecule has 2 nitrogen and oxygen atoms in total. The molecule has 1 amide bonds. The van der Waals surface area contributed by atoms with Gasteiger partial charge in [0.2, 0.25) is 5.91 Å². The van der Waals surface area contributed by atoms with Gasteiger partial charge in [-0.1, -0.05) is 33.6 Å². The van der Waals surface area contributed by atoms with Crippen molar-refractivity contribution in [2.45, 2.75) is 65.7 Å². The van der Waals surface area contributed by atoms with Crippen molar-refractivity contribution in [2.24, 2.45) is 23.2 Å². The molecule has 104 valence electrons. The second kappa shape index (κ2) is 5.63. The van der Waals surface area contributed by atoms with Gasteiger partial charge in [-0.3, -0.25) is 4.79 Å². The van der Waals surface area contributed by atoms with Crippen LogP contribution in [0.2, 0.25) is 0 Å². The average Bonchev–Trinajstić information content (AvgIpc) is 2.62. The second-order valence-corrected chi connectivity index (χ2v) is 7.53. The summed E-state index contributed by atoms with van der Waals surface area (Å²) in [5, 5.41) is 3.06. The van der Waals surface area contributed by atoms with Crippen LogP contribution in [0, 0.1) is 23.2 Å². The van der Waals surface area contributed by atoms with Gasteiger partial charge >= 0.3 is 0 Å². The third-order valence-electron chi connectivity index (χ3n) is 4.74. The van der Waals surface area contributed by atoms with Gasteiger partial charge in [-0.2, -0.15) is 0 Å².